The lowest BCUT2D eigenvalue weighted by Crippen LogP contribution is -2.45. The third-order valence-corrected chi connectivity index (χ3v) is 6.61. The zero-order chi connectivity index (χ0) is 12.8. The molecule has 2 atom stereocenters. The highest BCUT2D eigenvalue weighted by molar-refractivity contribution is 14.1. The van der Waals surface area contributed by atoms with E-state index in [1.54, 1.807) is 0 Å². The molecule has 0 N–H and O–H groups in total. The Morgan fingerprint density at radius 3 is 1.94 bits per heavy atom. The van der Waals surface area contributed by atoms with Crippen LogP contribution in [-0.4, -0.2) is 28.0 Å². The SMILES string of the molecule is CC1CCN(C2CCCCCCCCC2)CC1I. The summed E-state index contributed by atoms with van der Waals surface area (Å²) in [6.07, 6.45) is 14.7. The van der Waals surface area contributed by atoms with Crippen molar-refractivity contribution in [3.05, 3.63) is 0 Å². The van der Waals surface area contributed by atoms with Gasteiger partial charge in [-0.15, -0.1) is 0 Å². The van der Waals surface area contributed by atoms with Gasteiger partial charge in [0.15, 0.2) is 0 Å². The molecule has 1 aliphatic heterocycles. The van der Waals surface area contributed by atoms with Gasteiger partial charge in [0, 0.05) is 16.5 Å². The minimum atomic E-state index is 0.881. The molecular formula is C16H30IN. The van der Waals surface area contributed by atoms with Crippen LogP contribution in [0.5, 0.6) is 0 Å². The highest BCUT2D eigenvalue weighted by Crippen LogP contribution is 2.28. The van der Waals surface area contributed by atoms with E-state index >= 15 is 0 Å². The number of likely N-dealkylation sites (tertiary alicyclic amines) is 1. The van der Waals surface area contributed by atoms with E-state index in [4.69, 9.17) is 0 Å². The Balaban J connectivity index is 1.83. The molecule has 0 radical (unpaired) electrons. The van der Waals surface area contributed by atoms with Gasteiger partial charge in [-0.05, 0) is 31.7 Å². The van der Waals surface area contributed by atoms with Crippen LogP contribution in [0.4, 0.5) is 0 Å². The first kappa shape index (κ1) is 15.1. The summed E-state index contributed by atoms with van der Waals surface area (Å²) >= 11 is 2.68. The van der Waals surface area contributed by atoms with E-state index in [0.29, 0.717) is 0 Å². The van der Waals surface area contributed by atoms with Gasteiger partial charge in [0.2, 0.25) is 0 Å². The molecule has 0 aromatic rings. The number of nitrogens with zero attached hydrogens (tertiary/aromatic N) is 1. The summed E-state index contributed by atoms with van der Waals surface area (Å²) in [7, 11) is 0. The molecule has 106 valence electrons. The number of hydrogen-bond donors (Lipinski definition) is 0. The third-order valence-electron chi connectivity index (χ3n) is 4.99. The van der Waals surface area contributed by atoms with Crippen molar-refractivity contribution in [1.82, 2.24) is 4.90 Å². The maximum absolute atomic E-state index is 2.83. The predicted octanol–water partition coefficient (Wildman–Crippen LogP) is 5.02. The lowest BCUT2D eigenvalue weighted by molar-refractivity contribution is 0.128. The molecule has 2 rings (SSSR count). The first-order chi connectivity index (χ1) is 8.77. The molecule has 0 bridgehead atoms. The van der Waals surface area contributed by atoms with Crippen LogP contribution < -0.4 is 0 Å². The second-order valence-electron chi connectivity index (χ2n) is 6.48. The van der Waals surface area contributed by atoms with Crippen LogP contribution >= 0.6 is 22.6 Å². The van der Waals surface area contributed by atoms with E-state index in [2.05, 4.69) is 34.4 Å². The van der Waals surface area contributed by atoms with Gasteiger partial charge in [-0.25, -0.2) is 0 Å². The minimum Gasteiger partial charge on any atom is -0.299 e. The van der Waals surface area contributed by atoms with E-state index in [1.807, 2.05) is 0 Å². The average Bonchev–Trinajstić information content (AvgIpc) is 2.39. The summed E-state index contributed by atoms with van der Waals surface area (Å²) in [6.45, 7) is 5.15. The molecule has 1 aliphatic carbocycles. The van der Waals surface area contributed by atoms with Gasteiger partial charge in [-0.3, -0.25) is 4.90 Å². The molecule has 0 aromatic heterocycles. The van der Waals surface area contributed by atoms with Gasteiger partial charge in [0.05, 0.1) is 0 Å². The largest absolute Gasteiger partial charge is 0.299 e. The topological polar surface area (TPSA) is 3.24 Å². The van der Waals surface area contributed by atoms with Gasteiger partial charge in [0.1, 0.15) is 0 Å². The van der Waals surface area contributed by atoms with Crippen molar-refractivity contribution in [3.63, 3.8) is 0 Å². The summed E-state index contributed by atoms with van der Waals surface area (Å²) in [5, 5.41) is 0. The Morgan fingerprint density at radius 2 is 1.39 bits per heavy atom. The average molecular weight is 363 g/mol. The fourth-order valence-electron chi connectivity index (χ4n) is 3.53. The number of halogens is 1. The van der Waals surface area contributed by atoms with Crippen LogP contribution in [0.3, 0.4) is 0 Å². The van der Waals surface area contributed by atoms with Gasteiger partial charge < -0.3 is 0 Å². The Bertz CT molecular complexity index is 221. The molecule has 1 heterocycles. The standard InChI is InChI=1S/C16H30IN/c1-14-11-12-18(13-16(14)17)15-9-7-5-3-2-4-6-8-10-15/h14-16H,2-13H2,1H3. The third kappa shape index (κ3) is 4.66. The molecule has 1 saturated carbocycles. The van der Waals surface area contributed by atoms with Crippen LogP contribution in [0.1, 0.15) is 71.1 Å². The lowest BCUT2D eigenvalue weighted by atomic mass is 9.92. The quantitative estimate of drug-likeness (QED) is 0.467. The summed E-state index contributed by atoms with van der Waals surface area (Å²) in [5.41, 5.74) is 0. The first-order valence-corrected chi connectivity index (χ1v) is 9.40. The number of hydrogen-bond acceptors (Lipinski definition) is 1. The molecule has 2 fully saturated rings. The molecular weight excluding hydrogens is 333 g/mol. The molecule has 18 heavy (non-hydrogen) atoms. The van der Waals surface area contributed by atoms with Gasteiger partial charge in [0.25, 0.3) is 0 Å². The van der Waals surface area contributed by atoms with Crippen molar-refractivity contribution in [2.24, 2.45) is 5.92 Å². The second kappa shape index (κ2) is 8.08. The summed E-state index contributed by atoms with van der Waals surface area (Å²) in [5.74, 6) is 0.932. The lowest BCUT2D eigenvalue weighted by Gasteiger charge is -2.40. The van der Waals surface area contributed by atoms with Crippen molar-refractivity contribution in [3.8, 4) is 0 Å². The zero-order valence-electron chi connectivity index (χ0n) is 12.0. The molecule has 2 unspecified atom stereocenters. The number of alkyl halides is 1. The fourth-order valence-corrected chi connectivity index (χ4v) is 4.40. The summed E-state index contributed by atoms with van der Waals surface area (Å²) in [6, 6.07) is 0.910. The van der Waals surface area contributed by atoms with Gasteiger partial charge in [-0.1, -0.05) is 74.5 Å². The Morgan fingerprint density at radius 1 is 0.833 bits per heavy atom. The van der Waals surface area contributed by atoms with Gasteiger partial charge in [-0.2, -0.15) is 0 Å². The smallest absolute Gasteiger partial charge is 0.0263 e. The van der Waals surface area contributed by atoms with E-state index in [1.165, 1.54) is 77.3 Å². The van der Waals surface area contributed by atoms with E-state index in [-0.39, 0.29) is 0 Å². The Hall–Kier alpha value is 0.690. The van der Waals surface area contributed by atoms with Gasteiger partial charge >= 0.3 is 0 Å². The van der Waals surface area contributed by atoms with Crippen LogP contribution in [0, 0.1) is 5.92 Å². The first-order valence-electron chi connectivity index (χ1n) is 8.15. The van der Waals surface area contributed by atoms with Crippen molar-refractivity contribution in [2.75, 3.05) is 13.1 Å². The summed E-state index contributed by atoms with van der Waals surface area (Å²) < 4.78 is 0.881. The van der Waals surface area contributed by atoms with Crippen molar-refractivity contribution in [1.29, 1.82) is 0 Å². The van der Waals surface area contributed by atoms with Crippen LogP contribution in [-0.2, 0) is 0 Å². The van der Waals surface area contributed by atoms with Crippen molar-refractivity contribution in [2.45, 2.75) is 81.1 Å². The van der Waals surface area contributed by atoms with E-state index in [0.717, 1.165) is 15.9 Å². The number of piperidine rings is 1. The fraction of sp³-hybridized carbons (Fsp3) is 1.00. The normalized spacial score (nSPS) is 34.3. The Labute approximate surface area is 127 Å². The molecule has 1 saturated heterocycles. The maximum atomic E-state index is 2.83. The molecule has 0 aromatic carbocycles. The maximum Gasteiger partial charge on any atom is 0.0263 e. The molecule has 2 aliphatic rings. The number of rotatable bonds is 1. The second-order valence-corrected chi connectivity index (χ2v) is 8.08. The van der Waals surface area contributed by atoms with E-state index in [9.17, 15) is 0 Å². The molecule has 0 spiro atoms. The molecule has 0 amide bonds. The van der Waals surface area contributed by atoms with Crippen molar-refractivity contribution >= 4 is 22.6 Å². The highest BCUT2D eigenvalue weighted by Gasteiger charge is 2.28. The predicted molar refractivity (Wildman–Crippen MR) is 88.5 cm³/mol. The van der Waals surface area contributed by atoms with Crippen LogP contribution in [0.25, 0.3) is 0 Å². The van der Waals surface area contributed by atoms with Crippen LogP contribution in [0.2, 0.25) is 0 Å². The Kier molecular flexibility index (Phi) is 6.77. The van der Waals surface area contributed by atoms with E-state index < -0.39 is 0 Å². The highest BCUT2D eigenvalue weighted by atomic mass is 127. The zero-order valence-corrected chi connectivity index (χ0v) is 14.2. The minimum absolute atomic E-state index is 0.881. The van der Waals surface area contributed by atoms with Crippen molar-refractivity contribution < 1.29 is 0 Å². The van der Waals surface area contributed by atoms with Crippen LogP contribution in [0.15, 0.2) is 0 Å². The molecule has 1 nitrogen and oxygen atoms in total. The molecule has 2 heteroatoms. The monoisotopic (exact) mass is 363 g/mol. The summed E-state index contributed by atoms with van der Waals surface area (Å²) in [4.78, 5) is 2.83.